The molecule has 2 N–H and O–H groups in total. The Hall–Kier alpha value is -2.93. The number of nitrogens with one attached hydrogen (secondary N) is 2. The van der Waals surface area contributed by atoms with Crippen LogP contribution in [0.15, 0.2) is 70.6 Å². The third-order valence-electron chi connectivity index (χ3n) is 3.56. The van der Waals surface area contributed by atoms with Gasteiger partial charge in [-0.05, 0) is 31.2 Å². The SMILES string of the molecule is CC(Sc1nc(-c2ccccc2)cc(=O)[nH]1)C(=O)Nc1ccc(F)cc1. The average molecular weight is 369 g/mol. The van der Waals surface area contributed by atoms with Gasteiger partial charge in [-0.15, -0.1) is 0 Å². The normalized spacial score (nSPS) is 11.8. The van der Waals surface area contributed by atoms with Gasteiger partial charge in [-0.25, -0.2) is 9.37 Å². The Labute approximate surface area is 153 Å². The molecule has 1 heterocycles. The Morgan fingerprint density at radius 2 is 1.85 bits per heavy atom. The number of aromatic nitrogens is 2. The van der Waals surface area contributed by atoms with Gasteiger partial charge in [0.05, 0.1) is 10.9 Å². The number of nitrogens with zero attached hydrogens (tertiary/aromatic N) is 1. The number of thioether (sulfide) groups is 1. The molecule has 26 heavy (non-hydrogen) atoms. The van der Waals surface area contributed by atoms with Crippen molar-refractivity contribution in [2.45, 2.75) is 17.3 Å². The summed E-state index contributed by atoms with van der Waals surface area (Å²) in [4.78, 5) is 31.3. The quantitative estimate of drug-likeness (QED) is 0.531. The minimum absolute atomic E-state index is 0.269. The zero-order valence-electron chi connectivity index (χ0n) is 13.9. The molecular weight excluding hydrogens is 353 g/mol. The molecule has 0 bridgehead atoms. The maximum atomic E-state index is 12.9. The summed E-state index contributed by atoms with van der Waals surface area (Å²) in [5, 5.41) is 2.56. The fourth-order valence-electron chi connectivity index (χ4n) is 2.25. The molecule has 1 atom stereocenters. The molecule has 0 radical (unpaired) electrons. The number of halogens is 1. The standard InChI is InChI=1S/C19H16FN3O2S/c1-12(18(25)21-15-9-7-14(20)8-10-15)26-19-22-16(11-17(24)23-19)13-5-3-2-4-6-13/h2-12H,1H3,(H,21,25)(H,22,23,24). The Balaban J connectivity index is 1.73. The Morgan fingerprint density at radius 1 is 1.15 bits per heavy atom. The fraction of sp³-hybridized carbons (Fsp3) is 0.105. The molecule has 0 aliphatic rings. The van der Waals surface area contributed by atoms with E-state index in [2.05, 4.69) is 15.3 Å². The number of hydrogen-bond donors (Lipinski definition) is 2. The first-order valence-corrected chi connectivity index (χ1v) is 8.79. The number of amides is 1. The van der Waals surface area contributed by atoms with Crippen molar-refractivity contribution in [2.24, 2.45) is 0 Å². The van der Waals surface area contributed by atoms with Gasteiger partial charge < -0.3 is 10.3 Å². The summed E-state index contributed by atoms with van der Waals surface area (Å²) < 4.78 is 12.9. The fourth-order valence-corrected chi connectivity index (χ4v) is 3.06. The van der Waals surface area contributed by atoms with Gasteiger partial charge in [-0.3, -0.25) is 9.59 Å². The van der Waals surface area contributed by atoms with Gasteiger partial charge in [0.1, 0.15) is 5.82 Å². The number of rotatable bonds is 5. The van der Waals surface area contributed by atoms with Crippen LogP contribution in [0.2, 0.25) is 0 Å². The van der Waals surface area contributed by atoms with Crippen LogP contribution in [-0.4, -0.2) is 21.1 Å². The van der Waals surface area contributed by atoms with Gasteiger partial charge in [-0.1, -0.05) is 42.1 Å². The highest BCUT2D eigenvalue weighted by Crippen LogP contribution is 2.23. The lowest BCUT2D eigenvalue weighted by molar-refractivity contribution is -0.115. The zero-order chi connectivity index (χ0) is 18.5. The van der Waals surface area contributed by atoms with Gasteiger partial charge >= 0.3 is 0 Å². The number of benzene rings is 2. The Bertz CT molecular complexity index is 959. The van der Waals surface area contributed by atoms with Crippen LogP contribution < -0.4 is 10.9 Å². The van der Waals surface area contributed by atoms with Crippen LogP contribution >= 0.6 is 11.8 Å². The lowest BCUT2D eigenvalue weighted by Crippen LogP contribution is -2.23. The second-order valence-corrected chi connectivity index (χ2v) is 6.89. The molecule has 3 rings (SSSR count). The van der Waals surface area contributed by atoms with Gasteiger partial charge in [0.2, 0.25) is 5.91 Å². The molecule has 0 saturated carbocycles. The number of aromatic amines is 1. The highest BCUT2D eigenvalue weighted by atomic mass is 32.2. The average Bonchev–Trinajstić information content (AvgIpc) is 2.64. The first-order valence-electron chi connectivity index (χ1n) is 7.91. The third-order valence-corrected chi connectivity index (χ3v) is 4.54. The van der Waals surface area contributed by atoms with Crippen molar-refractivity contribution in [3.05, 3.63) is 76.8 Å². The van der Waals surface area contributed by atoms with Crippen LogP contribution in [0.3, 0.4) is 0 Å². The molecule has 0 saturated heterocycles. The molecule has 0 spiro atoms. The predicted molar refractivity (Wildman–Crippen MR) is 101 cm³/mol. The van der Waals surface area contributed by atoms with E-state index in [4.69, 9.17) is 0 Å². The summed E-state index contributed by atoms with van der Waals surface area (Å²) >= 11 is 1.14. The summed E-state index contributed by atoms with van der Waals surface area (Å²) in [6.45, 7) is 1.71. The van der Waals surface area contributed by atoms with Crippen molar-refractivity contribution in [1.29, 1.82) is 0 Å². The van der Waals surface area contributed by atoms with E-state index in [1.165, 1.54) is 30.3 Å². The minimum Gasteiger partial charge on any atom is -0.325 e. The summed E-state index contributed by atoms with van der Waals surface area (Å²) in [5.74, 6) is -0.640. The second-order valence-electron chi connectivity index (χ2n) is 5.56. The van der Waals surface area contributed by atoms with Crippen molar-refractivity contribution < 1.29 is 9.18 Å². The van der Waals surface area contributed by atoms with E-state index in [0.717, 1.165) is 17.3 Å². The van der Waals surface area contributed by atoms with Crippen molar-refractivity contribution in [2.75, 3.05) is 5.32 Å². The monoisotopic (exact) mass is 369 g/mol. The van der Waals surface area contributed by atoms with E-state index >= 15 is 0 Å². The molecule has 2 aromatic carbocycles. The van der Waals surface area contributed by atoms with Crippen molar-refractivity contribution in [3.8, 4) is 11.3 Å². The molecular formula is C19H16FN3O2S. The molecule has 1 unspecified atom stereocenters. The van der Waals surface area contributed by atoms with Gasteiger partial charge in [0.25, 0.3) is 5.56 Å². The number of hydrogen-bond acceptors (Lipinski definition) is 4. The minimum atomic E-state index is -0.505. The Kier molecular flexibility index (Phi) is 5.48. The third kappa shape index (κ3) is 4.58. The number of carbonyl (C=O) groups is 1. The maximum absolute atomic E-state index is 12.9. The van der Waals surface area contributed by atoms with E-state index in [1.807, 2.05) is 30.3 Å². The molecule has 1 amide bonds. The molecule has 7 heteroatoms. The van der Waals surface area contributed by atoms with Gasteiger partial charge in [0, 0.05) is 17.3 Å². The molecule has 1 aromatic heterocycles. The highest BCUT2D eigenvalue weighted by Gasteiger charge is 2.17. The van der Waals surface area contributed by atoms with E-state index < -0.39 is 5.25 Å². The van der Waals surface area contributed by atoms with Gasteiger partial charge in [0.15, 0.2) is 5.16 Å². The van der Waals surface area contributed by atoms with E-state index in [1.54, 1.807) is 6.92 Å². The van der Waals surface area contributed by atoms with Crippen LogP contribution in [0.5, 0.6) is 0 Å². The summed E-state index contributed by atoms with van der Waals surface area (Å²) in [5.41, 5.74) is 1.59. The lowest BCUT2D eigenvalue weighted by Gasteiger charge is -2.12. The first-order chi connectivity index (χ1) is 12.5. The molecule has 0 aliphatic carbocycles. The van der Waals surface area contributed by atoms with Crippen molar-refractivity contribution >= 4 is 23.4 Å². The molecule has 0 fully saturated rings. The Morgan fingerprint density at radius 3 is 2.54 bits per heavy atom. The maximum Gasteiger partial charge on any atom is 0.252 e. The smallest absolute Gasteiger partial charge is 0.252 e. The molecule has 5 nitrogen and oxygen atoms in total. The number of H-pyrrole nitrogens is 1. The molecule has 132 valence electrons. The van der Waals surface area contributed by atoms with Crippen molar-refractivity contribution in [1.82, 2.24) is 9.97 Å². The van der Waals surface area contributed by atoms with E-state index in [-0.39, 0.29) is 17.3 Å². The topological polar surface area (TPSA) is 74.8 Å². The van der Waals surface area contributed by atoms with Gasteiger partial charge in [-0.2, -0.15) is 0 Å². The lowest BCUT2D eigenvalue weighted by atomic mass is 10.1. The summed E-state index contributed by atoms with van der Waals surface area (Å²) in [6, 6.07) is 16.3. The molecule has 0 aliphatic heterocycles. The summed E-state index contributed by atoms with van der Waals surface area (Å²) in [6.07, 6.45) is 0. The second kappa shape index (κ2) is 7.97. The first kappa shape index (κ1) is 17.9. The predicted octanol–water partition coefficient (Wildman–Crippen LogP) is 3.70. The van der Waals surface area contributed by atoms with E-state index in [0.29, 0.717) is 16.5 Å². The van der Waals surface area contributed by atoms with E-state index in [9.17, 15) is 14.0 Å². The van der Waals surface area contributed by atoms with Crippen LogP contribution in [-0.2, 0) is 4.79 Å². The highest BCUT2D eigenvalue weighted by molar-refractivity contribution is 8.00. The largest absolute Gasteiger partial charge is 0.325 e. The number of anilines is 1. The molecule has 3 aromatic rings. The van der Waals surface area contributed by atoms with Crippen LogP contribution in [0, 0.1) is 5.82 Å². The van der Waals surface area contributed by atoms with Crippen molar-refractivity contribution in [3.63, 3.8) is 0 Å². The summed E-state index contributed by atoms with van der Waals surface area (Å²) in [7, 11) is 0. The van der Waals surface area contributed by atoms with Crippen LogP contribution in [0.4, 0.5) is 10.1 Å². The van der Waals surface area contributed by atoms with Crippen LogP contribution in [0.1, 0.15) is 6.92 Å². The van der Waals surface area contributed by atoms with Crippen LogP contribution in [0.25, 0.3) is 11.3 Å². The number of carbonyl (C=O) groups excluding carboxylic acids is 1. The zero-order valence-corrected chi connectivity index (χ0v) is 14.7.